The van der Waals surface area contributed by atoms with Crippen molar-refractivity contribution in [3.63, 3.8) is 0 Å². The summed E-state index contributed by atoms with van der Waals surface area (Å²) in [6.45, 7) is 3.45. The smallest absolute Gasteiger partial charge is 0.166 e. The van der Waals surface area contributed by atoms with Crippen LogP contribution in [0.3, 0.4) is 0 Å². The van der Waals surface area contributed by atoms with Crippen molar-refractivity contribution >= 4 is 5.78 Å². The van der Waals surface area contributed by atoms with Crippen molar-refractivity contribution in [3.05, 3.63) is 17.9 Å². The lowest BCUT2D eigenvalue weighted by molar-refractivity contribution is -0.116. The average Bonchev–Trinajstić information content (AvgIpc) is 1.89. The molecule has 1 heteroatoms. The van der Waals surface area contributed by atoms with Gasteiger partial charge in [-0.25, -0.2) is 0 Å². The predicted molar refractivity (Wildman–Crippen MR) is 36.1 cm³/mol. The van der Waals surface area contributed by atoms with Gasteiger partial charge in [-0.2, -0.15) is 0 Å². The molecule has 0 aromatic carbocycles. The molecule has 1 aliphatic rings. The molecule has 0 spiro atoms. The maximum absolute atomic E-state index is 10.9. The van der Waals surface area contributed by atoms with Crippen molar-refractivity contribution in [2.24, 2.45) is 0 Å². The van der Waals surface area contributed by atoms with Gasteiger partial charge in [0.1, 0.15) is 0 Å². The fraction of sp³-hybridized carbons (Fsp3) is 0.500. The predicted octanol–water partition coefficient (Wildman–Crippen LogP) is 1.84. The number of carbonyl (C=O) groups excluding carboxylic acids is 1. The Bertz CT molecular complexity index is 173. The molecule has 9 heavy (non-hydrogen) atoms. The molecule has 0 N–H and O–H groups in total. The summed E-state index contributed by atoms with van der Waals surface area (Å²) in [4.78, 5) is 10.9. The van der Waals surface area contributed by atoms with E-state index in [1.54, 1.807) is 0 Å². The molecule has 0 bridgehead atoms. The number of Topliss-reactive ketones (excluding diaryl/α,β-unsaturated/α-hetero) is 1. The average molecular weight is 122 g/mol. The number of hydrogen-bond acceptors (Lipinski definition) is 1. The van der Waals surface area contributed by atoms with Crippen LogP contribution in [0.4, 0.5) is 0 Å². The summed E-state index contributed by atoms with van der Waals surface area (Å²) in [5.41, 5.74) is 3.48. The van der Waals surface area contributed by atoms with Crippen molar-refractivity contribution in [2.75, 3.05) is 0 Å². The van der Waals surface area contributed by atoms with Gasteiger partial charge in [-0.05, 0) is 19.3 Å². The van der Waals surface area contributed by atoms with E-state index < -0.39 is 0 Å². The first kappa shape index (κ1) is 6.31. The lowest BCUT2D eigenvalue weighted by Crippen LogP contribution is -2.06. The fourth-order valence-electron chi connectivity index (χ4n) is 1.06. The summed E-state index contributed by atoms with van der Waals surface area (Å²) >= 11 is 0. The molecule has 0 amide bonds. The van der Waals surface area contributed by atoms with Gasteiger partial charge in [-0.3, -0.25) is 4.79 Å². The Morgan fingerprint density at radius 1 is 1.33 bits per heavy atom. The van der Waals surface area contributed by atoms with Crippen molar-refractivity contribution in [1.29, 1.82) is 0 Å². The van der Waals surface area contributed by atoms with Crippen LogP contribution in [-0.4, -0.2) is 5.78 Å². The molecule has 0 aliphatic heterocycles. The van der Waals surface area contributed by atoms with Crippen molar-refractivity contribution in [3.8, 4) is 0 Å². The van der Waals surface area contributed by atoms with E-state index in [2.05, 4.69) is 12.3 Å². The first-order valence-electron chi connectivity index (χ1n) is 3.26. The van der Waals surface area contributed by atoms with Crippen molar-refractivity contribution in [1.82, 2.24) is 0 Å². The Kier molecular flexibility index (Phi) is 1.86. The van der Waals surface area contributed by atoms with Crippen LogP contribution in [0.15, 0.2) is 17.9 Å². The van der Waals surface area contributed by atoms with Crippen LogP contribution in [0, 0.1) is 0 Å². The summed E-state index contributed by atoms with van der Waals surface area (Å²) in [7, 11) is 0. The van der Waals surface area contributed by atoms with Crippen LogP contribution in [0.5, 0.6) is 0 Å². The quantitative estimate of drug-likeness (QED) is 0.354. The van der Waals surface area contributed by atoms with Crippen molar-refractivity contribution < 1.29 is 4.79 Å². The van der Waals surface area contributed by atoms with Crippen LogP contribution in [0.25, 0.3) is 0 Å². The molecule has 0 radical (unpaired) electrons. The monoisotopic (exact) mass is 122 g/mol. The zero-order chi connectivity index (χ0) is 6.69. The third kappa shape index (κ3) is 1.30. The fourth-order valence-corrected chi connectivity index (χ4v) is 1.06. The summed E-state index contributed by atoms with van der Waals surface area (Å²) in [5.74, 6) is 0.247. The minimum atomic E-state index is 0.247. The van der Waals surface area contributed by atoms with Crippen LogP contribution in [0.2, 0.25) is 0 Å². The summed E-state index contributed by atoms with van der Waals surface area (Å²) in [6.07, 6.45) is 3.77. The maximum atomic E-state index is 10.9. The van der Waals surface area contributed by atoms with Crippen LogP contribution < -0.4 is 0 Å². The zero-order valence-corrected chi connectivity index (χ0v) is 5.44. The highest BCUT2D eigenvalue weighted by Gasteiger charge is 2.12. The summed E-state index contributed by atoms with van der Waals surface area (Å²) < 4.78 is 0. The van der Waals surface area contributed by atoms with E-state index in [9.17, 15) is 4.79 Å². The van der Waals surface area contributed by atoms with Gasteiger partial charge in [0.15, 0.2) is 5.78 Å². The number of allylic oxidation sites excluding steroid dienone is 1. The van der Waals surface area contributed by atoms with Crippen molar-refractivity contribution in [2.45, 2.75) is 25.7 Å². The van der Waals surface area contributed by atoms with E-state index in [4.69, 9.17) is 0 Å². The number of hydrogen-bond donors (Lipinski definition) is 0. The molecule has 1 fully saturated rings. The first-order valence-corrected chi connectivity index (χ1v) is 3.26. The van der Waals surface area contributed by atoms with Crippen LogP contribution in [0.1, 0.15) is 25.7 Å². The SMILES string of the molecule is C=C=C1CCCCC1=O. The first-order chi connectivity index (χ1) is 4.34. The Hall–Kier alpha value is -0.810. The second kappa shape index (κ2) is 2.65. The second-order valence-electron chi connectivity index (χ2n) is 2.29. The van der Waals surface area contributed by atoms with E-state index in [0.717, 1.165) is 24.8 Å². The molecule has 0 atom stereocenters. The molecule has 0 heterocycles. The van der Waals surface area contributed by atoms with Gasteiger partial charge in [0.25, 0.3) is 0 Å². The van der Waals surface area contributed by atoms with E-state index in [-0.39, 0.29) is 5.78 Å². The zero-order valence-electron chi connectivity index (χ0n) is 5.44. The van der Waals surface area contributed by atoms with E-state index >= 15 is 0 Å². The maximum Gasteiger partial charge on any atom is 0.166 e. The van der Waals surface area contributed by atoms with Gasteiger partial charge < -0.3 is 0 Å². The standard InChI is InChI=1S/C8H10O/c1-2-7-5-3-4-6-8(7)9/h1,3-6H2. The molecule has 1 nitrogen and oxygen atoms in total. The lowest BCUT2D eigenvalue weighted by Gasteiger charge is -2.08. The van der Waals surface area contributed by atoms with E-state index in [1.807, 2.05) is 0 Å². The molecule has 0 saturated heterocycles. The Labute approximate surface area is 55.1 Å². The molecular formula is C8H10O. The van der Waals surface area contributed by atoms with Gasteiger partial charge in [0.2, 0.25) is 0 Å². The Morgan fingerprint density at radius 2 is 2.00 bits per heavy atom. The summed E-state index contributed by atoms with van der Waals surface area (Å²) in [5, 5.41) is 0. The second-order valence-corrected chi connectivity index (χ2v) is 2.29. The molecular weight excluding hydrogens is 112 g/mol. The summed E-state index contributed by atoms with van der Waals surface area (Å²) in [6, 6.07) is 0. The minimum absolute atomic E-state index is 0.247. The topological polar surface area (TPSA) is 17.1 Å². The normalized spacial score (nSPS) is 19.6. The number of ketones is 1. The van der Waals surface area contributed by atoms with Gasteiger partial charge >= 0.3 is 0 Å². The highest BCUT2D eigenvalue weighted by molar-refractivity contribution is 5.95. The lowest BCUT2D eigenvalue weighted by atomic mass is 9.95. The van der Waals surface area contributed by atoms with E-state index in [1.165, 1.54) is 0 Å². The number of rotatable bonds is 0. The number of carbonyl (C=O) groups is 1. The molecule has 0 unspecified atom stereocenters. The highest BCUT2D eigenvalue weighted by Crippen LogP contribution is 2.17. The van der Waals surface area contributed by atoms with Gasteiger partial charge in [0.05, 0.1) is 0 Å². The molecule has 0 aromatic rings. The highest BCUT2D eigenvalue weighted by atomic mass is 16.1. The van der Waals surface area contributed by atoms with E-state index in [0.29, 0.717) is 6.42 Å². The van der Waals surface area contributed by atoms with Crippen LogP contribution >= 0.6 is 0 Å². The minimum Gasteiger partial charge on any atom is -0.294 e. The van der Waals surface area contributed by atoms with Gasteiger partial charge in [0, 0.05) is 12.0 Å². The van der Waals surface area contributed by atoms with Gasteiger partial charge in [-0.1, -0.05) is 6.58 Å². The Morgan fingerprint density at radius 3 is 2.44 bits per heavy atom. The molecule has 0 aromatic heterocycles. The third-order valence-corrected chi connectivity index (χ3v) is 1.63. The molecule has 48 valence electrons. The Balaban J connectivity index is 2.71. The molecule has 1 saturated carbocycles. The third-order valence-electron chi connectivity index (χ3n) is 1.63. The largest absolute Gasteiger partial charge is 0.294 e. The molecule has 1 rings (SSSR count). The molecule has 1 aliphatic carbocycles. The van der Waals surface area contributed by atoms with Crippen LogP contribution in [-0.2, 0) is 4.79 Å². The van der Waals surface area contributed by atoms with Gasteiger partial charge in [-0.15, -0.1) is 5.73 Å².